The first-order chi connectivity index (χ1) is 30.7. The minimum absolute atomic E-state index is 0.000322. The Kier molecular flexibility index (Phi) is 15.2. The highest BCUT2D eigenvalue weighted by Gasteiger charge is 2.77. The summed E-state index contributed by atoms with van der Waals surface area (Å²) >= 11 is 0. The monoisotopic (exact) mass is 887 g/mol. The number of aliphatic hydroxyl groups excluding tert-OH is 1. The number of benzene rings is 2. The largest absolute Gasteiger partial charge is 0.508 e. The molecule has 4 aliphatic heterocycles. The molecule has 0 spiro atoms. The van der Waals surface area contributed by atoms with Crippen molar-refractivity contribution in [1.82, 2.24) is 15.3 Å². The van der Waals surface area contributed by atoms with Gasteiger partial charge in [-0.1, -0.05) is 94.1 Å². The summed E-state index contributed by atoms with van der Waals surface area (Å²) < 4.78 is 25.8. The van der Waals surface area contributed by atoms with E-state index in [1.165, 1.54) is 0 Å². The van der Waals surface area contributed by atoms with Gasteiger partial charge in [-0.05, 0) is 82.1 Å². The number of ether oxygens (including phenoxy) is 4. The molecule has 14 heteroatoms. The highest BCUT2D eigenvalue weighted by atomic mass is 16.8. The van der Waals surface area contributed by atoms with Gasteiger partial charge in [-0.2, -0.15) is 5.06 Å². The van der Waals surface area contributed by atoms with Gasteiger partial charge in [0.25, 0.3) is 0 Å². The highest BCUT2D eigenvalue weighted by molar-refractivity contribution is 5.96. The fourth-order valence-corrected chi connectivity index (χ4v) is 10.4. The van der Waals surface area contributed by atoms with Crippen LogP contribution in [0.25, 0.3) is 6.08 Å². The molecule has 5 fully saturated rings. The number of allylic oxidation sites excluding steroid dienone is 1. The van der Waals surface area contributed by atoms with Crippen LogP contribution >= 0.6 is 0 Å². The Morgan fingerprint density at radius 3 is 2.44 bits per heavy atom. The van der Waals surface area contributed by atoms with E-state index < -0.39 is 83.8 Å². The molecule has 2 amide bonds. The molecule has 1 saturated carbocycles. The number of hydroxylamine groups is 2. The Bertz CT molecular complexity index is 1990. The van der Waals surface area contributed by atoms with Gasteiger partial charge in [0.15, 0.2) is 11.8 Å². The molecule has 0 aromatic heterocycles. The van der Waals surface area contributed by atoms with E-state index in [4.69, 9.17) is 23.8 Å². The van der Waals surface area contributed by atoms with Crippen molar-refractivity contribution in [2.24, 2.45) is 5.41 Å². The number of aliphatic hydroxyl groups is 1. The molecule has 8 atom stereocenters. The van der Waals surface area contributed by atoms with Gasteiger partial charge in [0, 0.05) is 32.2 Å². The van der Waals surface area contributed by atoms with Crippen LogP contribution < -0.4 is 5.32 Å². The first-order valence-electron chi connectivity index (χ1n) is 23.7. The zero-order valence-corrected chi connectivity index (χ0v) is 38.3. The van der Waals surface area contributed by atoms with Crippen molar-refractivity contribution in [3.63, 3.8) is 0 Å². The second-order valence-corrected chi connectivity index (χ2v) is 19.4. The standard InChI is InChI=1S/C50H69N3O11/c1-6-8-12-26-49(27-13-9-7-2)62-41-39-30-50(47(59)52-28-16-22-37(52)45(57)51-36(32-54)24-25-40(56)61-48(3,4)5)43(46(58)60-39)53(64-44(50)42(41)63-49)31-34-19-14-17-33(29-34)18-15-21-35-20-10-11-23-38(35)55/h10-11,14-15,17-20,23,29,36-37,39,41-44,54-55H,6-9,12-13,16,21-22,24-28,30-32H2,1-5H3,(H,51,57)/t36-,37+,39+,41-,42-,43+,44+,50+/m0/s1. The third-order valence-electron chi connectivity index (χ3n) is 13.4. The molecular formula is C50H69N3O11. The summed E-state index contributed by atoms with van der Waals surface area (Å²) in [7, 11) is 0. The molecule has 0 unspecified atom stereocenters. The number of nitrogens with zero attached hydrogens (tertiary/aromatic N) is 2. The van der Waals surface area contributed by atoms with Crippen molar-refractivity contribution < 1.29 is 53.2 Å². The number of esters is 2. The van der Waals surface area contributed by atoms with Gasteiger partial charge in [0.2, 0.25) is 11.8 Å². The number of para-hydroxylation sites is 1. The van der Waals surface area contributed by atoms with Crippen molar-refractivity contribution in [3.05, 3.63) is 71.3 Å². The number of nitrogens with one attached hydrogen (secondary N) is 1. The number of hydrogen-bond donors (Lipinski definition) is 3. The third kappa shape index (κ3) is 10.4. The summed E-state index contributed by atoms with van der Waals surface area (Å²) in [6.07, 6.45) is 9.89. The molecule has 7 rings (SSSR count). The second-order valence-electron chi connectivity index (χ2n) is 19.4. The number of carbonyl (C=O) groups excluding carboxylic acids is 4. The summed E-state index contributed by atoms with van der Waals surface area (Å²) in [5.41, 5.74) is 0.440. The Hall–Kier alpha value is -4.34. The van der Waals surface area contributed by atoms with Gasteiger partial charge in [-0.25, -0.2) is 0 Å². The fourth-order valence-electron chi connectivity index (χ4n) is 10.4. The molecule has 3 N–H and O–H groups in total. The van der Waals surface area contributed by atoms with Gasteiger partial charge < -0.3 is 39.4 Å². The molecule has 2 aromatic rings. The van der Waals surface area contributed by atoms with Crippen LogP contribution in [0.15, 0.2) is 54.6 Å². The Morgan fingerprint density at radius 1 is 1.00 bits per heavy atom. The van der Waals surface area contributed by atoms with Crippen LogP contribution in [0, 0.1) is 5.41 Å². The lowest BCUT2D eigenvalue weighted by Crippen LogP contribution is -2.70. The molecule has 1 aliphatic carbocycles. The van der Waals surface area contributed by atoms with E-state index in [1.54, 1.807) is 42.9 Å². The number of phenolic OH excluding ortho intramolecular Hbond substituents is 1. The summed E-state index contributed by atoms with van der Waals surface area (Å²) in [4.78, 5) is 65.3. The zero-order valence-electron chi connectivity index (χ0n) is 38.3. The molecular weight excluding hydrogens is 819 g/mol. The number of amides is 2. The fraction of sp³-hybridized carbons (Fsp3) is 0.640. The maximum atomic E-state index is 15.6. The average molecular weight is 888 g/mol. The van der Waals surface area contributed by atoms with E-state index in [1.807, 2.05) is 48.6 Å². The number of carbonyl (C=O) groups is 4. The van der Waals surface area contributed by atoms with Crippen LogP contribution in [-0.2, 0) is 55.9 Å². The maximum absolute atomic E-state index is 15.6. The van der Waals surface area contributed by atoms with Crippen LogP contribution in [0.2, 0.25) is 0 Å². The summed E-state index contributed by atoms with van der Waals surface area (Å²) in [6.45, 7) is 9.70. The van der Waals surface area contributed by atoms with Crippen LogP contribution in [0.4, 0.5) is 0 Å². The number of aromatic hydroxyl groups is 1. The van der Waals surface area contributed by atoms with E-state index >= 15 is 4.79 Å². The van der Waals surface area contributed by atoms with Crippen molar-refractivity contribution >= 4 is 29.8 Å². The number of fused-ring (bicyclic) bond motifs is 4. The lowest BCUT2D eigenvalue weighted by molar-refractivity contribution is -0.225. The van der Waals surface area contributed by atoms with Crippen LogP contribution in [0.3, 0.4) is 0 Å². The molecule has 4 heterocycles. The topological polar surface area (TPSA) is 173 Å². The Morgan fingerprint density at radius 2 is 1.73 bits per heavy atom. The average Bonchev–Trinajstić information content (AvgIpc) is 3.99. The molecule has 4 saturated heterocycles. The highest BCUT2D eigenvalue weighted by Crippen LogP contribution is 2.59. The van der Waals surface area contributed by atoms with Crippen molar-refractivity contribution in [2.75, 3.05) is 13.2 Å². The summed E-state index contributed by atoms with van der Waals surface area (Å²) in [5.74, 6) is -2.50. The van der Waals surface area contributed by atoms with Crippen LogP contribution in [0.5, 0.6) is 5.75 Å². The van der Waals surface area contributed by atoms with Crippen LogP contribution in [0.1, 0.15) is 135 Å². The predicted octanol–water partition coefficient (Wildman–Crippen LogP) is 6.68. The molecule has 64 heavy (non-hydrogen) atoms. The summed E-state index contributed by atoms with van der Waals surface area (Å²) in [6, 6.07) is 12.3. The third-order valence-corrected chi connectivity index (χ3v) is 13.4. The molecule has 14 nitrogen and oxygen atoms in total. The zero-order chi connectivity index (χ0) is 45.6. The van der Waals surface area contributed by atoms with Gasteiger partial charge in [-0.15, -0.1) is 0 Å². The molecule has 2 bridgehead atoms. The van der Waals surface area contributed by atoms with E-state index in [0.29, 0.717) is 32.1 Å². The molecule has 0 radical (unpaired) electrons. The maximum Gasteiger partial charge on any atom is 0.327 e. The number of likely N-dealkylation sites (tertiary alicyclic amines) is 1. The SMILES string of the molecule is CCCCCC1(CCCCC)O[C@@H]2[C@H](O1)[C@H]1ON(Cc3cccc(C=CCc4ccccc4O)c3)[C@@H]3C(=O)O[C@@H]2C[C@]13C(=O)N1CCC[C@@H]1C(=O)N[C@H](CO)CCC(=O)OC(C)(C)C. The normalized spacial score (nSPS) is 27.7. The van der Waals surface area contributed by atoms with Crippen LogP contribution in [-0.4, -0.2) is 111 Å². The minimum atomic E-state index is -1.46. The number of hydrogen-bond acceptors (Lipinski definition) is 12. The van der Waals surface area contributed by atoms with Crippen molar-refractivity contribution in [3.8, 4) is 5.75 Å². The van der Waals surface area contributed by atoms with Gasteiger partial charge in [0.05, 0.1) is 19.2 Å². The van der Waals surface area contributed by atoms with Crippen molar-refractivity contribution in [2.45, 2.75) is 185 Å². The van der Waals surface area contributed by atoms with Crippen molar-refractivity contribution in [1.29, 1.82) is 0 Å². The smallest absolute Gasteiger partial charge is 0.327 e. The minimum Gasteiger partial charge on any atom is -0.508 e. The lowest BCUT2D eigenvalue weighted by atomic mass is 9.62. The number of rotatable bonds is 20. The van der Waals surface area contributed by atoms with Gasteiger partial charge in [0.1, 0.15) is 47.2 Å². The first-order valence-corrected chi connectivity index (χ1v) is 23.7. The van der Waals surface area contributed by atoms with E-state index in [0.717, 1.165) is 55.2 Å². The Labute approximate surface area is 377 Å². The lowest BCUT2D eigenvalue weighted by Gasteiger charge is -2.50. The van der Waals surface area contributed by atoms with E-state index in [-0.39, 0.29) is 44.0 Å². The van der Waals surface area contributed by atoms with E-state index in [9.17, 15) is 24.6 Å². The number of unbranched alkanes of at least 4 members (excludes halogenated alkanes) is 4. The van der Waals surface area contributed by atoms with E-state index in [2.05, 4.69) is 19.2 Å². The predicted molar refractivity (Wildman–Crippen MR) is 238 cm³/mol. The Balaban J connectivity index is 1.17. The molecule has 350 valence electrons. The quantitative estimate of drug-likeness (QED) is 0.0953. The first kappa shape index (κ1) is 47.6. The molecule has 5 aliphatic rings. The number of phenols is 1. The second kappa shape index (κ2) is 20.4. The molecule has 2 aromatic carbocycles. The summed E-state index contributed by atoms with van der Waals surface area (Å²) in [5, 5.41) is 25.0. The van der Waals surface area contributed by atoms with Gasteiger partial charge >= 0.3 is 11.9 Å². The van der Waals surface area contributed by atoms with Gasteiger partial charge in [-0.3, -0.25) is 24.0 Å².